The second-order valence-electron chi connectivity index (χ2n) is 10.9. The zero-order chi connectivity index (χ0) is 37.2. The number of phosphoric acid groups is 2. The third kappa shape index (κ3) is 15.1. The Bertz CT molecular complexity index is 1380. The summed E-state index contributed by atoms with van der Waals surface area (Å²) in [5.41, 5.74) is 6.07. The number of carbonyl (C=O) groups is 1. The highest BCUT2D eigenvalue weighted by molar-refractivity contribution is 7.60. The highest BCUT2D eigenvalue weighted by Gasteiger charge is 2.45. The minimum atomic E-state index is -5.63. The van der Waals surface area contributed by atoms with Crippen LogP contribution in [0.1, 0.15) is 73.5 Å². The molecule has 1 aliphatic heterocycles. The Balaban J connectivity index is 0.000000717. The number of unbranched alkanes of at least 4 members (excludes halogenated alkanes) is 2. The van der Waals surface area contributed by atoms with Crippen molar-refractivity contribution in [2.75, 3.05) is 51.6 Å². The van der Waals surface area contributed by atoms with Crippen LogP contribution in [0.5, 0.6) is 0 Å². The van der Waals surface area contributed by atoms with Gasteiger partial charge < -0.3 is 49.3 Å². The number of aliphatic hydroxyl groups is 2. The molecule has 1 fully saturated rings. The molecule has 6 N–H and O–H groups in total. The predicted molar refractivity (Wildman–Crippen MR) is 176 cm³/mol. The number of anilines is 1. The lowest BCUT2D eigenvalue weighted by atomic mass is 10.1. The molecule has 1 saturated heterocycles. The zero-order valence-corrected chi connectivity index (χ0v) is 30.9. The largest absolute Gasteiger partial charge is 0.756 e. The Morgan fingerprint density at radius 2 is 1.55 bits per heavy atom. The van der Waals surface area contributed by atoms with E-state index in [1.54, 1.807) is 9.80 Å². The predicted octanol–water partition coefficient (Wildman–Crippen LogP) is -1.40. The van der Waals surface area contributed by atoms with Gasteiger partial charge in [-0.15, -0.1) is 12.3 Å². The Labute approximate surface area is 288 Å². The molecule has 0 bridgehead atoms. The number of carbonyl (C=O) groups excluding carboxylic acids is 1. The van der Waals surface area contributed by atoms with Crippen molar-refractivity contribution in [3.8, 4) is 12.3 Å². The van der Waals surface area contributed by atoms with Crippen molar-refractivity contribution in [1.82, 2.24) is 19.5 Å². The topological polar surface area (TPSA) is 253 Å². The standard InChI is InChI=1S/C17H23N5O11P2.2C6H15N/c1-2-3-4-5-6-11(23)32-35(28,29)33-34(26,27)30-7-10-13(24)14(25)17(31-10)22-9-21-12-15(18)19-8-20-16(12)22;2*1-4-7(5-2)6-3/h1,8-10,13-14,17,24-25H,3-7H2,(H,26,27)(H,28,29)(H2,18,19,20);2*4-6H2,1-3H3/t10-,13?,14+,17-;;/m1../s1. The smallest absolute Gasteiger partial charge is 0.328 e. The number of hydrogen-bond donors (Lipinski definition) is 5. The number of ether oxygens (including phenoxy) is 1. The van der Waals surface area contributed by atoms with E-state index in [0.717, 1.165) is 6.33 Å². The summed E-state index contributed by atoms with van der Waals surface area (Å²) in [5.74, 6) is 1.16. The highest BCUT2D eigenvalue weighted by Crippen LogP contribution is 2.56. The molecular formula is C29H53N7O11P2. The molecule has 0 spiro atoms. The first-order chi connectivity index (χ1) is 23.1. The van der Waals surface area contributed by atoms with Crippen LogP contribution in [-0.2, 0) is 32.0 Å². The van der Waals surface area contributed by atoms with Gasteiger partial charge in [0.1, 0.15) is 30.2 Å². The van der Waals surface area contributed by atoms with Crippen molar-refractivity contribution in [2.45, 2.75) is 91.8 Å². The molecular weight excluding hydrogens is 684 g/mol. The number of aliphatic hydroxyl groups excluding tert-OH is 2. The first kappa shape index (κ1) is 44.5. The molecule has 6 atom stereocenters. The van der Waals surface area contributed by atoms with E-state index < -0.39 is 52.8 Å². The van der Waals surface area contributed by atoms with Crippen molar-refractivity contribution in [3.63, 3.8) is 0 Å². The highest BCUT2D eigenvalue weighted by atomic mass is 31.3. The van der Waals surface area contributed by atoms with Crippen LogP contribution in [0.15, 0.2) is 12.7 Å². The van der Waals surface area contributed by atoms with E-state index in [2.05, 4.69) is 75.8 Å². The van der Waals surface area contributed by atoms with Crippen LogP contribution in [-0.4, -0.2) is 99.9 Å². The number of hydrogen-bond acceptors (Lipinski definition) is 15. The molecule has 1 aliphatic rings. The zero-order valence-electron chi connectivity index (χ0n) is 29.1. The van der Waals surface area contributed by atoms with E-state index in [0.29, 0.717) is 12.8 Å². The van der Waals surface area contributed by atoms with Crippen LogP contribution in [0.2, 0.25) is 0 Å². The summed E-state index contributed by atoms with van der Waals surface area (Å²) in [6.45, 7) is 20.0. The van der Waals surface area contributed by atoms with Gasteiger partial charge in [0.15, 0.2) is 17.7 Å². The van der Waals surface area contributed by atoms with Gasteiger partial charge in [0.25, 0.3) is 7.82 Å². The maximum atomic E-state index is 11.9. The molecule has 0 saturated carbocycles. The van der Waals surface area contributed by atoms with Gasteiger partial charge in [-0.05, 0) is 54.4 Å². The summed E-state index contributed by atoms with van der Waals surface area (Å²) in [4.78, 5) is 50.4. The van der Waals surface area contributed by atoms with Crippen LogP contribution in [0.25, 0.3) is 11.2 Å². The van der Waals surface area contributed by atoms with Crippen LogP contribution < -0.4 is 25.3 Å². The lowest BCUT2D eigenvalue weighted by Gasteiger charge is -2.30. The average Bonchev–Trinajstić information content (AvgIpc) is 3.61. The molecule has 280 valence electrons. The Morgan fingerprint density at radius 3 is 2.06 bits per heavy atom. The van der Waals surface area contributed by atoms with E-state index in [4.69, 9.17) is 16.9 Å². The molecule has 49 heavy (non-hydrogen) atoms. The molecule has 2 aromatic heterocycles. The van der Waals surface area contributed by atoms with Gasteiger partial charge in [0, 0.05) is 12.8 Å². The van der Waals surface area contributed by atoms with Crippen molar-refractivity contribution in [2.24, 2.45) is 0 Å². The third-order valence-corrected chi connectivity index (χ3v) is 10.3. The summed E-state index contributed by atoms with van der Waals surface area (Å²) in [6.07, 6.45) is 2.16. The number of phosphoric ester groups is 2. The van der Waals surface area contributed by atoms with Crippen LogP contribution >= 0.6 is 15.6 Å². The Kier molecular flexibility index (Phi) is 20.3. The molecule has 0 radical (unpaired) electrons. The number of imidazole rings is 1. The van der Waals surface area contributed by atoms with Gasteiger partial charge in [0.2, 0.25) is 0 Å². The number of aromatic nitrogens is 4. The number of nitrogens with zero attached hydrogens (tertiary/aromatic N) is 4. The van der Waals surface area contributed by atoms with Crippen LogP contribution in [0, 0.1) is 12.3 Å². The average molecular weight is 738 g/mol. The summed E-state index contributed by atoms with van der Waals surface area (Å²) >= 11 is 0. The number of nitrogens with one attached hydrogen (secondary N) is 2. The maximum Gasteiger partial charge on any atom is 0.328 e. The van der Waals surface area contributed by atoms with E-state index in [9.17, 15) is 33.9 Å². The van der Waals surface area contributed by atoms with Crippen LogP contribution in [0.3, 0.4) is 0 Å². The second kappa shape index (κ2) is 22.3. The molecule has 0 amide bonds. The van der Waals surface area contributed by atoms with Crippen LogP contribution in [0.4, 0.5) is 5.82 Å². The van der Waals surface area contributed by atoms with Crippen molar-refractivity contribution >= 4 is 38.6 Å². The van der Waals surface area contributed by atoms with Gasteiger partial charge in [-0.25, -0.2) is 19.3 Å². The van der Waals surface area contributed by atoms with Gasteiger partial charge in [-0.2, -0.15) is 0 Å². The molecule has 2 aromatic rings. The van der Waals surface area contributed by atoms with E-state index >= 15 is 0 Å². The Hall–Kier alpha value is -2.52. The lowest BCUT2D eigenvalue weighted by Crippen LogP contribution is -3.11. The number of nitrogen functional groups attached to an aromatic ring is 1. The number of rotatable bonds is 17. The quantitative estimate of drug-likeness (QED) is 0.0711. The van der Waals surface area contributed by atoms with Gasteiger partial charge >= 0.3 is 13.8 Å². The SMILES string of the molecule is C#CCCCCC(=O)OP(=O)([O-])OP(=O)([O-])OC[C@H]1O[C@@H](n2cnc3c(N)ncnc32)[C@@H](O)C1O.CC[NH+](CC)CC.CC[NH+](CC)CC. The fourth-order valence-electron chi connectivity index (χ4n) is 4.65. The maximum absolute atomic E-state index is 11.9. The van der Waals surface area contributed by atoms with E-state index in [-0.39, 0.29) is 29.8 Å². The molecule has 3 unspecified atom stereocenters. The fraction of sp³-hybridized carbons (Fsp3) is 0.724. The number of fused-ring (bicyclic) bond motifs is 1. The Morgan fingerprint density at radius 1 is 0.980 bits per heavy atom. The monoisotopic (exact) mass is 737 g/mol. The van der Waals surface area contributed by atoms with Crippen molar-refractivity contribution < 1.29 is 61.8 Å². The molecule has 0 aromatic carbocycles. The summed E-state index contributed by atoms with van der Waals surface area (Å²) in [7, 11) is -11.2. The first-order valence-electron chi connectivity index (χ1n) is 16.4. The molecule has 0 aliphatic carbocycles. The van der Waals surface area contributed by atoms with Crippen molar-refractivity contribution in [1.29, 1.82) is 0 Å². The number of nitrogens with two attached hydrogens (primary N) is 1. The van der Waals surface area contributed by atoms with Gasteiger partial charge in [-0.3, -0.25) is 18.5 Å². The van der Waals surface area contributed by atoms with Crippen molar-refractivity contribution in [3.05, 3.63) is 12.7 Å². The minimum Gasteiger partial charge on any atom is -0.756 e. The normalized spacial score (nSPS) is 21.2. The minimum absolute atomic E-state index is 0.0569. The number of quaternary nitrogens is 2. The summed E-state index contributed by atoms with van der Waals surface area (Å²) in [5, 5.41) is 20.6. The second-order valence-corrected chi connectivity index (χ2v) is 13.8. The van der Waals surface area contributed by atoms with Gasteiger partial charge in [-0.1, -0.05) is 0 Å². The van der Waals surface area contributed by atoms with E-state index in [1.807, 2.05) is 0 Å². The first-order valence-corrected chi connectivity index (χ1v) is 19.3. The molecule has 3 heterocycles. The van der Waals surface area contributed by atoms with E-state index in [1.165, 1.54) is 50.2 Å². The summed E-state index contributed by atoms with van der Waals surface area (Å²) < 4.78 is 42.8. The number of terminal acetylenes is 1. The molecule has 3 rings (SSSR count). The van der Waals surface area contributed by atoms with Gasteiger partial charge in [0.05, 0.1) is 52.2 Å². The lowest BCUT2D eigenvalue weighted by molar-refractivity contribution is -0.894. The molecule has 20 heteroatoms. The fourth-order valence-corrected chi connectivity index (χ4v) is 6.62. The summed E-state index contributed by atoms with van der Waals surface area (Å²) in [6, 6.07) is 0. The third-order valence-electron chi connectivity index (χ3n) is 7.76. The molecule has 18 nitrogen and oxygen atoms in total.